The van der Waals surface area contributed by atoms with Crippen molar-refractivity contribution in [3.05, 3.63) is 63.3 Å². The van der Waals surface area contributed by atoms with E-state index in [4.69, 9.17) is 56.8 Å². The van der Waals surface area contributed by atoms with Crippen molar-refractivity contribution in [2.45, 2.75) is 0 Å². The standard InChI is InChI=1S/C37H56O18/c1-6-31(39)51-18-13-45-24-36(23-44-12-11-38,25-46-14-19-52-32(40)7-2)29-50-30-37(26-47-15-20-53-33(41)8-3,27-48-16-21-54-34(42)9-4)28-49-17-22-55-35(43)10-5/h6-10,38H,1-5,11-30H2. The topological polar surface area (TPSA) is 216 Å². The summed E-state index contributed by atoms with van der Waals surface area (Å²) in [5, 5.41) is 9.41. The minimum absolute atomic E-state index is 0.00101. The molecule has 55 heavy (non-hydrogen) atoms. The van der Waals surface area contributed by atoms with Crippen LogP contribution < -0.4 is 0 Å². The van der Waals surface area contributed by atoms with Gasteiger partial charge in [0.2, 0.25) is 0 Å². The van der Waals surface area contributed by atoms with Gasteiger partial charge in [-0.25, -0.2) is 24.0 Å². The van der Waals surface area contributed by atoms with Crippen LogP contribution in [-0.2, 0) is 80.8 Å². The molecule has 0 bridgehead atoms. The summed E-state index contributed by atoms with van der Waals surface area (Å²) in [6.45, 7) is 15.7. The first-order chi connectivity index (χ1) is 26.5. The highest BCUT2D eigenvalue weighted by molar-refractivity contribution is 5.82. The number of aliphatic hydroxyl groups is 1. The molecule has 0 aromatic rings. The molecule has 0 aliphatic rings. The molecule has 0 amide bonds. The predicted octanol–water partition coefficient (Wildman–Crippen LogP) is 0.714. The summed E-state index contributed by atoms with van der Waals surface area (Å²) in [4.78, 5) is 57.5. The molecular weight excluding hydrogens is 732 g/mol. The Kier molecular flexibility index (Phi) is 30.5. The lowest BCUT2D eigenvalue weighted by molar-refractivity contribution is -0.156. The lowest BCUT2D eigenvalue weighted by atomic mass is 9.90. The Morgan fingerprint density at radius 3 is 0.745 bits per heavy atom. The Balaban J connectivity index is 6.23. The van der Waals surface area contributed by atoms with Crippen LogP contribution in [0.15, 0.2) is 63.3 Å². The van der Waals surface area contributed by atoms with Gasteiger partial charge < -0.3 is 61.9 Å². The van der Waals surface area contributed by atoms with E-state index in [1.165, 1.54) is 0 Å². The highest BCUT2D eigenvalue weighted by atomic mass is 16.6. The molecule has 0 saturated carbocycles. The van der Waals surface area contributed by atoms with Gasteiger partial charge in [0.1, 0.15) is 33.0 Å². The Bertz CT molecular complexity index is 1060. The highest BCUT2D eigenvalue weighted by Gasteiger charge is 2.37. The third kappa shape index (κ3) is 27.0. The molecule has 0 atom stereocenters. The number of hydrogen-bond donors (Lipinski definition) is 1. The second-order valence-electron chi connectivity index (χ2n) is 11.4. The molecule has 0 saturated heterocycles. The van der Waals surface area contributed by atoms with Crippen LogP contribution in [0.4, 0.5) is 0 Å². The maximum absolute atomic E-state index is 11.5. The fourth-order valence-electron chi connectivity index (χ4n) is 4.08. The first-order valence-corrected chi connectivity index (χ1v) is 17.2. The number of hydrogen-bond acceptors (Lipinski definition) is 18. The fraction of sp³-hybridized carbons (Fsp3) is 0.595. The lowest BCUT2D eigenvalue weighted by Crippen LogP contribution is -2.46. The molecule has 0 fully saturated rings. The second kappa shape index (κ2) is 33.1. The molecule has 0 rings (SSSR count). The first kappa shape index (κ1) is 50.7. The molecular formula is C37H56O18. The largest absolute Gasteiger partial charge is 0.460 e. The van der Waals surface area contributed by atoms with Gasteiger partial charge in [0.25, 0.3) is 0 Å². The molecule has 1 N–H and O–H groups in total. The van der Waals surface area contributed by atoms with Crippen molar-refractivity contribution >= 4 is 29.8 Å². The smallest absolute Gasteiger partial charge is 0.330 e. The Labute approximate surface area is 321 Å². The maximum Gasteiger partial charge on any atom is 0.330 e. The average Bonchev–Trinajstić information content (AvgIpc) is 3.19. The van der Waals surface area contributed by atoms with E-state index in [1.807, 2.05) is 0 Å². The molecule has 18 heteroatoms. The number of rotatable bonds is 38. The van der Waals surface area contributed by atoms with Gasteiger partial charge in [0.15, 0.2) is 0 Å². The molecule has 0 aromatic heterocycles. The van der Waals surface area contributed by atoms with E-state index >= 15 is 0 Å². The molecule has 0 aliphatic heterocycles. The van der Waals surface area contributed by atoms with Crippen molar-refractivity contribution in [3.8, 4) is 0 Å². The molecule has 0 heterocycles. The van der Waals surface area contributed by atoms with Crippen LogP contribution in [-0.4, -0.2) is 167 Å². The van der Waals surface area contributed by atoms with Crippen molar-refractivity contribution in [3.63, 3.8) is 0 Å². The van der Waals surface area contributed by atoms with E-state index in [1.54, 1.807) is 0 Å². The summed E-state index contributed by atoms with van der Waals surface area (Å²) in [7, 11) is 0. The van der Waals surface area contributed by atoms with Crippen LogP contribution >= 0.6 is 0 Å². The second-order valence-corrected chi connectivity index (χ2v) is 11.4. The van der Waals surface area contributed by atoms with E-state index < -0.39 is 40.7 Å². The van der Waals surface area contributed by atoms with Crippen molar-refractivity contribution < 1.29 is 85.9 Å². The van der Waals surface area contributed by atoms with E-state index in [0.29, 0.717) is 0 Å². The van der Waals surface area contributed by atoms with Gasteiger partial charge in [-0.3, -0.25) is 0 Å². The van der Waals surface area contributed by atoms with Crippen molar-refractivity contribution in [1.82, 2.24) is 0 Å². The Morgan fingerprint density at radius 1 is 0.345 bits per heavy atom. The van der Waals surface area contributed by atoms with Gasteiger partial charge in [-0.2, -0.15) is 0 Å². The van der Waals surface area contributed by atoms with Gasteiger partial charge in [-0.1, -0.05) is 32.9 Å². The molecule has 0 radical (unpaired) electrons. The number of ether oxygens (including phenoxy) is 12. The summed E-state index contributed by atoms with van der Waals surface area (Å²) >= 11 is 0. The molecule has 0 aliphatic carbocycles. The van der Waals surface area contributed by atoms with Crippen LogP contribution in [0.3, 0.4) is 0 Å². The predicted molar refractivity (Wildman–Crippen MR) is 193 cm³/mol. The van der Waals surface area contributed by atoms with Gasteiger partial charge in [0, 0.05) is 30.4 Å². The summed E-state index contributed by atoms with van der Waals surface area (Å²) in [6, 6.07) is 0. The quantitative estimate of drug-likeness (QED) is 0.0395. The molecule has 0 unspecified atom stereocenters. The number of esters is 5. The normalized spacial score (nSPS) is 11.1. The van der Waals surface area contributed by atoms with Gasteiger partial charge in [0.05, 0.1) is 110 Å². The van der Waals surface area contributed by atoms with Crippen LogP contribution in [0.1, 0.15) is 0 Å². The highest BCUT2D eigenvalue weighted by Crippen LogP contribution is 2.25. The number of aliphatic hydroxyl groups excluding tert-OH is 1. The van der Waals surface area contributed by atoms with Gasteiger partial charge in [-0.15, -0.1) is 0 Å². The Hall–Kier alpha value is -4.27. The van der Waals surface area contributed by atoms with Crippen LogP contribution in [0.5, 0.6) is 0 Å². The number of carbonyl (C=O) groups is 5. The van der Waals surface area contributed by atoms with Crippen LogP contribution in [0, 0.1) is 10.8 Å². The SMILES string of the molecule is C=CC(=O)OCCOCC(COCCO)(COCCOC(=O)C=C)COCC(COCCOC(=O)C=C)(COCCOC(=O)C=C)COCCOC(=O)C=C. The van der Waals surface area contributed by atoms with E-state index in [0.717, 1.165) is 30.4 Å². The summed E-state index contributed by atoms with van der Waals surface area (Å²) in [6.07, 6.45) is 5.09. The molecule has 0 spiro atoms. The van der Waals surface area contributed by atoms with Crippen LogP contribution in [0.25, 0.3) is 0 Å². The summed E-state index contributed by atoms with van der Waals surface area (Å²) in [5.74, 6) is -3.14. The maximum atomic E-state index is 11.5. The zero-order valence-electron chi connectivity index (χ0n) is 31.5. The van der Waals surface area contributed by atoms with Crippen molar-refractivity contribution in [2.24, 2.45) is 10.8 Å². The van der Waals surface area contributed by atoms with Crippen molar-refractivity contribution in [1.29, 1.82) is 0 Å². The molecule has 312 valence electrons. The van der Waals surface area contributed by atoms with Gasteiger partial charge >= 0.3 is 29.8 Å². The average molecular weight is 789 g/mol. The number of carbonyl (C=O) groups excluding carboxylic acids is 5. The Morgan fingerprint density at radius 2 is 0.545 bits per heavy atom. The molecule has 18 nitrogen and oxygen atoms in total. The minimum Gasteiger partial charge on any atom is -0.460 e. The van der Waals surface area contributed by atoms with E-state index in [9.17, 15) is 29.1 Å². The van der Waals surface area contributed by atoms with E-state index in [-0.39, 0.29) is 132 Å². The van der Waals surface area contributed by atoms with E-state index in [2.05, 4.69) is 32.9 Å². The minimum atomic E-state index is -1.06. The summed E-state index contributed by atoms with van der Waals surface area (Å²) in [5.41, 5.74) is -2.10. The third-order valence-electron chi connectivity index (χ3n) is 6.69. The first-order valence-electron chi connectivity index (χ1n) is 17.2. The fourth-order valence-corrected chi connectivity index (χ4v) is 4.08. The lowest BCUT2D eigenvalue weighted by Gasteiger charge is -2.36. The monoisotopic (exact) mass is 788 g/mol. The van der Waals surface area contributed by atoms with Gasteiger partial charge in [-0.05, 0) is 0 Å². The molecule has 0 aromatic carbocycles. The van der Waals surface area contributed by atoms with Crippen LogP contribution in [0.2, 0.25) is 0 Å². The third-order valence-corrected chi connectivity index (χ3v) is 6.69. The summed E-state index contributed by atoms with van der Waals surface area (Å²) < 4.78 is 66.4. The zero-order chi connectivity index (χ0) is 41.0. The van der Waals surface area contributed by atoms with Crippen molar-refractivity contribution in [2.75, 3.05) is 132 Å². The zero-order valence-corrected chi connectivity index (χ0v) is 31.5.